The number of hydrogen-bond donors (Lipinski definition) is 5. The molecule has 108 valence electrons. The maximum Gasteiger partial charge on any atom is 0.372 e. The number of amides is 1. The van der Waals surface area contributed by atoms with Crippen molar-refractivity contribution in [2.75, 3.05) is 0 Å². The summed E-state index contributed by atoms with van der Waals surface area (Å²) >= 11 is 0. The Morgan fingerprint density at radius 2 is 1.47 bits per heavy atom. The van der Waals surface area contributed by atoms with Crippen LogP contribution < -0.4 is 11.5 Å². The van der Waals surface area contributed by atoms with Gasteiger partial charge in [-0.25, -0.2) is 4.79 Å². The largest absolute Gasteiger partial charge is 0.481 e. The molecule has 7 N–H and O–H groups in total. The lowest BCUT2D eigenvalue weighted by atomic mass is 10.2. The van der Waals surface area contributed by atoms with Gasteiger partial charge in [0.25, 0.3) is 5.78 Å². The number of carboxylic acid groups (broad SMARTS) is 3. The number of aliphatic carboxylic acids is 3. The predicted octanol–water partition coefficient (Wildman–Crippen LogP) is -2.22. The normalized spacial score (nSPS) is 10.6. The molecule has 0 aliphatic carbocycles. The number of hydrogen-bond acceptors (Lipinski definition) is 6. The minimum Gasteiger partial charge on any atom is -0.481 e. The molecule has 0 aromatic carbocycles. The summed E-state index contributed by atoms with van der Waals surface area (Å²) in [6.07, 6.45) is -0.826. The SMILES string of the molecule is NC(=O)CCC(N)C(=O)O.O=C(O)CC(=O)C(=O)O. The minimum absolute atomic E-state index is 0.0213. The molecular weight excluding hydrogens is 264 g/mol. The number of primary amides is 1. The van der Waals surface area contributed by atoms with Crippen LogP contribution in [0.15, 0.2) is 0 Å². The number of carboxylic acids is 3. The van der Waals surface area contributed by atoms with Gasteiger partial charge in [-0.15, -0.1) is 0 Å². The Morgan fingerprint density at radius 1 is 1.00 bits per heavy atom. The van der Waals surface area contributed by atoms with Crippen LogP contribution in [0.1, 0.15) is 19.3 Å². The molecule has 0 saturated heterocycles. The molecule has 1 atom stereocenters. The highest BCUT2D eigenvalue weighted by Gasteiger charge is 2.14. The van der Waals surface area contributed by atoms with Gasteiger partial charge in [-0.2, -0.15) is 0 Å². The van der Waals surface area contributed by atoms with E-state index in [2.05, 4.69) is 0 Å². The zero-order valence-corrected chi connectivity index (χ0v) is 9.74. The Labute approximate surface area is 107 Å². The van der Waals surface area contributed by atoms with E-state index in [-0.39, 0.29) is 12.8 Å². The standard InChI is InChI=1S/C5H10N2O3.C4H4O5/c6-3(5(9)10)1-2-4(7)8;5-2(4(8)9)1-3(6)7/h3H,1-2,6H2,(H2,7,8)(H,9,10);1H2,(H,6,7)(H,8,9). The first-order chi connectivity index (χ1) is 8.57. The Balaban J connectivity index is 0. The maximum atomic E-state index is 10.1. The summed E-state index contributed by atoms with van der Waals surface area (Å²) in [4.78, 5) is 49.4. The van der Waals surface area contributed by atoms with E-state index in [4.69, 9.17) is 26.8 Å². The molecule has 1 amide bonds. The number of rotatable bonds is 7. The Kier molecular flexibility index (Phi) is 9.46. The molecular formula is C9H14N2O8. The Hall–Kier alpha value is -2.49. The summed E-state index contributed by atoms with van der Waals surface area (Å²) in [5.41, 5.74) is 9.81. The number of carbonyl (C=O) groups excluding carboxylic acids is 2. The van der Waals surface area contributed by atoms with Crippen molar-refractivity contribution in [2.45, 2.75) is 25.3 Å². The van der Waals surface area contributed by atoms with Gasteiger partial charge >= 0.3 is 17.9 Å². The zero-order valence-electron chi connectivity index (χ0n) is 9.74. The average Bonchev–Trinajstić information content (AvgIpc) is 2.25. The van der Waals surface area contributed by atoms with Gasteiger partial charge in [0.05, 0.1) is 0 Å². The van der Waals surface area contributed by atoms with Crippen molar-refractivity contribution in [3.63, 3.8) is 0 Å². The van der Waals surface area contributed by atoms with E-state index < -0.39 is 42.1 Å². The molecule has 0 aliphatic rings. The van der Waals surface area contributed by atoms with Gasteiger partial charge in [0, 0.05) is 6.42 Å². The average molecular weight is 278 g/mol. The number of carbonyl (C=O) groups is 5. The van der Waals surface area contributed by atoms with Crippen molar-refractivity contribution in [1.82, 2.24) is 0 Å². The van der Waals surface area contributed by atoms with Crippen LogP contribution in [0.2, 0.25) is 0 Å². The van der Waals surface area contributed by atoms with E-state index in [0.717, 1.165) is 0 Å². The zero-order chi connectivity index (χ0) is 15.6. The van der Waals surface area contributed by atoms with Gasteiger partial charge in [-0.3, -0.25) is 19.2 Å². The topological polar surface area (TPSA) is 198 Å². The first-order valence-electron chi connectivity index (χ1n) is 4.82. The van der Waals surface area contributed by atoms with Gasteiger partial charge < -0.3 is 26.8 Å². The molecule has 19 heavy (non-hydrogen) atoms. The van der Waals surface area contributed by atoms with E-state index in [1.807, 2.05) is 0 Å². The van der Waals surface area contributed by atoms with Crippen molar-refractivity contribution in [3.05, 3.63) is 0 Å². The van der Waals surface area contributed by atoms with E-state index in [0.29, 0.717) is 0 Å². The van der Waals surface area contributed by atoms with Crippen LogP contribution in [0, 0.1) is 0 Å². The molecule has 0 spiro atoms. The fourth-order valence-electron chi connectivity index (χ4n) is 0.634. The van der Waals surface area contributed by atoms with Crippen LogP contribution >= 0.6 is 0 Å². The summed E-state index contributed by atoms with van der Waals surface area (Å²) in [6, 6.07) is -0.979. The van der Waals surface area contributed by atoms with Gasteiger partial charge in [0.2, 0.25) is 5.91 Å². The first kappa shape index (κ1) is 18.9. The van der Waals surface area contributed by atoms with Gasteiger partial charge in [0.15, 0.2) is 0 Å². The fourth-order valence-corrected chi connectivity index (χ4v) is 0.634. The third-order valence-corrected chi connectivity index (χ3v) is 1.57. The molecule has 0 radical (unpaired) electrons. The molecule has 10 nitrogen and oxygen atoms in total. The van der Waals surface area contributed by atoms with E-state index in [1.165, 1.54) is 0 Å². The number of nitrogens with two attached hydrogens (primary N) is 2. The van der Waals surface area contributed by atoms with Crippen LogP contribution in [-0.2, 0) is 24.0 Å². The monoisotopic (exact) mass is 278 g/mol. The molecule has 0 aliphatic heterocycles. The van der Waals surface area contributed by atoms with Crippen molar-refractivity contribution in [1.29, 1.82) is 0 Å². The van der Waals surface area contributed by atoms with Gasteiger partial charge in [0.1, 0.15) is 12.5 Å². The third kappa shape index (κ3) is 13.4. The quantitative estimate of drug-likeness (QED) is 0.252. The highest BCUT2D eigenvalue weighted by Crippen LogP contribution is 1.92. The maximum absolute atomic E-state index is 10.1. The lowest BCUT2D eigenvalue weighted by Gasteiger charge is -2.01. The summed E-state index contributed by atoms with van der Waals surface area (Å²) in [7, 11) is 0. The lowest BCUT2D eigenvalue weighted by Crippen LogP contribution is -2.31. The Bertz CT molecular complexity index is 378. The highest BCUT2D eigenvalue weighted by atomic mass is 16.4. The number of Topliss-reactive ketones (excluding diaryl/α,β-unsaturated/α-hetero) is 1. The molecule has 0 saturated carbocycles. The molecule has 0 aromatic rings. The van der Waals surface area contributed by atoms with E-state index >= 15 is 0 Å². The second-order valence-electron chi connectivity index (χ2n) is 3.25. The Morgan fingerprint density at radius 3 is 1.68 bits per heavy atom. The predicted molar refractivity (Wildman–Crippen MR) is 58.9 cm³/mol. The van der Waals surface area contributed by atoms with Crippen LogP contribution in [0.4, 0.5) is 0 Å². The van der Waals surface area contributed by atoms with Gasteiger partial charge in [-0.05, 0) is 6.42 Å². The summed E-state index contributed by atoms with van der Waals surface area (Å²) in [5.74, 6) is -6.08. The number of ketones is 1. The second-order valence-corrected chi connectivity index (χ2v) is 3.25. The third-order valence-electron chi connectivity index (χ3n) is 1.57. The van der Waals surface area contributed by atoms with Crippen LogP contribution in [0.3, 0.4) is 0 Å². The van der Waals surface area contributed by atoms with Crippen molar-refractivity contribution >= 4 is 29.6 Å². The fraction of sp³-hybridized carbons (Fsp3) is 0.444. The molecule has 0 fully saturated rings. The minimum atomic E-state index is -1.71. The second kappa shape index (κ2) is 9.53. The van der Waals surface area contributed by atoms with Crippen molar-refractivity contribution < 1.29 is 39.3 Å². The van der Waals surface area contributed by atoms with Crippen LogP contribution in [0.5, 0.6) is 0 Å². The van der Waals surface area contributed by atoms with Crippen molar-refractivity contribution in [3.8, 4) is 0 Å². The van der Waals surface area contributed by atoms with Crippen molar-refractivity contribution in [2.24, 2.45) is 11.5 Å². The smallest absolute Gasteiger partial charge is 0.372 e. The summed E-state index contributed by atoms with van der Waals surface area (Å²) < 4.78 is 0. The van der Waals surface area contributed by atoms with Crippen LogP contribution in [0.25, 0.3) is 0 Å². The molecule has 0 heterocycles. The lowest BCUT2D eigenvalue weighted by molar-refractivity contribution is -0.152. The van der Waals surface area contributed by atoms with Crippen LogP contribution in [-0.4, -0.2) is 51.0 Å². The van der Waals surface area contributed by atoms with Gasteiger partial charge in [-0.1, -0.05) is 0 Å². The molecule has 0 bridgehead atoms. The summed E-state index contributed by atoms with van der Waals surface area (Å²) in [6.45, 7) is 0. The first-order valence-corrected chi connectivity index (χ1v) is 4.82. The van der Waals surface area contributed by atoms with E-state index in [9.17, 15) is 24.0 Å². The molecule has 0 aromatic heterocycles. The summed E-state index contributed by atoms with van der Waals surface area (Å²) in [5, 5.41) is 23.9. The van der Waals surface area contributed by atoms with E-state index in [1.54, 1.807) is 0 Å². The molecule has 1 unspecified atom stereocenters. The highest BCUT2D eigenvalue weighted by molar-refractivity contribution is 6.35. The molecule has 0 rings (SSSR count). The molecule has 10 heteroatoms.